The number of ether oxygens (including phenoxy) is 3. The van der Waals surface area contributed by atoms with Crippen LogP contribution in [0.2, 0.25) is 0 Å². The van der Waals surface area contributed by atoms with E-state index < -0.39 is 29.8 Å². The summed E-state index contributed by atoms with van der Waals surface area (Å²) in [6.45, 7) is 5.46. The van der Waals surface area contributed by atoms with Crippen LogP contribution in [0.15, 0.2) is 12.3 Å². The van der Waals surface area contributed by atoms with Crippen molar-refractivity contribution in [2.75, 3.05) is 6.61 Å². The van der Waals surface area contributed by atoms with E-state index in [4.69, 9.17) is 14.2 Å². The number of rotatable bonds is 5. The van der Waals surface area contributed by atoms with Gasteiger partial charge in [0.25, 0.3) is 0 Å². The number of carbonyl (C=O) groups is 2. The van der Waals surface area contributed by atoms with Crippen LogP contribution in [0.1, 0.15) is 19.8 Å². The normalized spacial score (nSPS) is 42.8. The summed E-state index contributed by atoms with van der Waals surface area (Å²) in [5, 5.41) is 0. The van der Waals surface area contributed by atoms with Crippen LogP contribution >= 0.6 is 43.0 Å². The summed E-state index contributed by atoms with van der Waals surface area (Å²) in [4.78, 5) is 24.4. The number of esters is 2. The second-order valence-corrected chi connectivity index (χ2v) is 13.7. The van der Waals surface area contributed by atoms with Gasteiger partial charge >= 0.3 is 162 Å². The van der Waals surface area contributed by atoms with Gasteiger partial charge in [-0.05, 0) is 0 Å². The third-order valence-electron chi connectivity index (χ3n) is 5.84. The van der Waals surface area contributed by atoms with E-state index in [1.807, 2.05) is 6.92 Å². The maximum absolute atomic E-state index is 12.3. The predicted molar refractivity (Wildman–Crippen MR) is 100 cm³/mol. The number of nitrogens with one attached hydrogen (secondary N) is 2. The number of halogens is 2. The monoisotopic (exact) mass is 560 g/mol. The zero-order valence-electron chi connectivity index (χ0n) is 13.0. The summed E-state index contributed by atoms with van der Waals surface area (Å²) in [5.74, 6) is 1.18. The van der Waals surface area contributed by atoms with Crippen LogP contribution in [-0.2, 0) is 23.8 Å². The molecule has 3 saturated heterocycles. The Morgan fingerprint density at radius 3 is 2.88 bits per heavy atom. The topological polar surface area (TPSA) is 106 Å². The van der Waals surface area contributed by atoms with Crippen LogP contribution in [0.4, 0.5) is 0 Å². The van der Waals surface area contributed by atoms with E-state index in [1.54, 1.807) is 0 Å². The van der Waals surface area contributed by atoms with Crippen molar-refractivity contribution < 1.29 is 23.8 Å². The first-order valence-electron chi connectivity index (χ1n) is 8.00. The van der Waals surface area contributed by atoms with Crippen molar-refractivity contribution in [3.8, 4) is 0 Å². The van der Waals surface area contributed by atoms with E-state index in [0.29, 0.717) is 17.8 Å². The van der Waals surface area contributed by atoms with Crippen LogP contribution in [0.25, 0.3) is 0 Å². The average Bonchev–Trinajstić information content (AvgIpc) is 3.28. The second-order valence-electron chi connectivity index (χ2n) is 7.22. The molecule has 0 aromatic heterocycles. The molecular formula is C15H18I2N2O5. The standard InChI is InChI=1S/C15H18I2N2O5/c1-6-8-3-7-4-9(8)12(23-6)11(7)24-10(20)5-22-13(21)14(2,16)15-17(18-15)19-15/h7-9,11-12,18-19H,1,3-5H2,2H3. The molecule has 3 heterocycles. The molecule has 2 saturated carbocycles. The van der Waals surface area contributed by atoms with Gasteiger partial charge in [-0.3, -0.25) is 0 Å². The van der Waals surface area contributed by atoms with Crippen LogP contribution < -0.4 is 7.06 Å². The molecule has 132 valence electrons. The molecule has 6 unspecified atom stereocenters. The molecule has 6 atom stereocenters. The van der Waals surface area contributed by atoms with Crippen molar-refractivity contribution in [2.24, 2.45) is 17.8 Å². The Morgan fingerprint density at radius 1 is 1.50 bits per heavy atom. The number of alkyl halides is 2. The van der Waals surface area contributed by atoms with Gasteiger partial charge in [0.1, 0.15) is 0 Å². The first-order chi connectivity index (χ1) is 11.3. The molecule has 5 rings (SSSR count). The fraction of sp³-hybridized carbons (Fsp3) is 0.733. The fourth-order valence-electron chi connectivity index (χ4n) is 4.37. The molecule has 24 heavy (non-hydrogen) atoms. The minimum atomic E-state index is -1.25. The summed E-state index contributed by atoms with van der Waals surface area (Å²) < 4.78 is 22.4. The summed E-state index contributed by atoms with van der Waals surface area (Å²) >= 11 is 0.851. The van der Waals surface area contributed by atoms with Gasteiger partial charge in [0.05, 0.1) is 0 Å². The van der Waals surface area contributed by atoms with Crippen molar-refractivity contribution in [3.63, 3.8) is 0 Å². The van der Waals surface area contributed by atoms with E-state index in [-0.39, 0.29) is 28.5 Å². The Kier molecular flexibility index (Phi) is 3.33. The van der Waals surface area contributed by atoms with Crippen LogP contribution in [0.5, 0.6) is 0 Å². The third kappa shape index (κ3) is 2.07. The molecule has 2 bridgehead atoms. The molecule has 0 spiro atoms. The van der Waals surface area contributed by atoms with Crippen molar-refractivity contribution in [3.05, 3.63) is 12.3 Å². The molecule has 2 N–H and O–H groups in total. The molecule has 5 fully saturated rings. The number of hydrogen-bond donors (Lipinski definition) is 2. The first-order valence-corrected chi connectivity index (χ1v) is 12.3. The summed E-state index contributed by atoms with van der Waals surface area (Å²) in [6, 6.07) is 0. The molecule has 5 aliphatic rings. The van der Waals surface area contributed by atoms with E-state index in [9.17, 15) is 9.59 Å². The zero-order valence-corrected chi connectivity index (χ0v) is 17.3. The van der Waals surface area contributed by atoms with Gasteiger partial charge in [-0.2, -0.15) is 0 Å². The third-order valence-corrected chi connectivity index (χ3v) is 13.0. The summed E-state index contributed by atoms with van der Waals surface area (Å²) in [5.41, 5.74) is 0. The number of allylic oxidation sites excluding steroid dienone is 1. The van der Waals surface area contributed by atoms with Crippen molar-refractivity contribution in [1.82, 2.24) is 7.06 Å². The van der Waals surface area contributed by atoms with Gasteiger partial charge in [0.15, 0.2) is 0 Å². The Labute approximate surface area is 160 Å². The van der Waals surface area contributed by atoms with E-state index >= 15 is 0 Å². The van der Waals surface area contributed by atoms with E-state index in [0.717, 1.165) is 18.6 Å². The number of carbonyl (C=O) groups excluding carboxylic acids is 2. The van der Waals surface area contributed by atoms with Crippen molar-refractivity contribution >= 4 is 54.9 Å². The quantitative estimate of drug-likeness (QED) is 0.131. The summed E-state index contributed by atoms with van der Waals surface area (Å²) in [6.07, 6.45) is 1.73. The van der Waals surface area contributed by atoms with Crippen LogP contribution in [0, 0.1) is 17.8 Å². The minimum absolute atomic E-state index is 0.0616. The Hall–Kier alpha value is -0.140. The van der Waals surface area contributed by atoms with Gasteiger partial charge < -0.3 is 0 Å². The first kappa shape index (κ1) is 16.1. The molecule has 0 amide bonds. The zero-order chi connectivity index (χ0) is 16.9. The summed E-state index contributed by atoms with van der Waals surface area (Å²) in [7, 11) is 0. The molecule has 3 aliphatic heterocycles. The molecular weight excluding hydrogens is 542 g/mol. The average molecular weight is 560 g/mol. The van der Waals surface area contributed by atoms with Gasteiger partial charge in [0, 0.05) is 0 Å². The molecule has 9 heteroatoms. The fourth-order valence-corrected chi connectivity index (χ4v) is 12.2. The molecule has 7 nitrogen and oxygen atoms in total. The van der Waals surface area contributed by atoms with Gasteiger partial charge in [-0.1, -0.05) is 0 Å². The Balaban J connectivity index is 1.16. The van der Waals surface area contributed by atoms with E-state index in [1.165, 1.54) is 0 Å². The van der Waals surface area contributed by atoms with Gasteiger partial charge in [-0.15, -0.1) is 0 Å². The van der Waals surface area contributed by atoms with E-state index in [2.05, 4.69) is 36.2 Å². The second kappa shape index (κ2) is 4.97. The van der Waals surface area contributed by atoms with Gasteiger partial charge in [-0.25, -0.2) is 0 Å². The Morgan fingerprint density at radius 2 is 2.21 bits per heavy atom. The SMILES string of the molecule is C=C1OC2C3CC(CC13)C2OC(=O)COC(=O)C(C)(I)C12NI1N2. The number of fused-ring (bicyclic) bond motifs is 2. The van der Waals surface area contributed by atoms with Crippen molar-refractivity contribution in [1.29, 1.82) is 0 Å². The number of hydrogen-bond acceptors (Lipinski definition) is 7. The molecule has 0 aromatic carbocycles. The predicted octanol–water partition coefficient (Wildman–Crippen LogP) is 1.40. The Bertz CT molecular complexity index is 662. The molecule has 2 aliphatic carbocycles. The molecule has 0 radical (unpaired) electrons. The van der Waals surface area contributed by atoms with Gasteiger partial charge in [0.2, 0.25) is 0 Å². The maximum atomic E-state index is 12.3. The van der Waals surface area contributed by atoms with Crippen LogP contribution in [-0.4, -0.2) is 37.8 Å². The van der Waals surface area contributed by atoms with Crippen LogP contribution in [0.3, 0.4) is 0 Å². The van der Waals surface area contributed by atoms with Crippen molar-refractivity contribution in [2.45, 2.75) is 39.1 Å². The molecule has 0 aromatic rings.